The van der Waals surface area contributed by atoms with E-state index in [1.54, 1.807) is 17.0 Å². The minimum Gasteiger partial charge on any atom is -0.369 e. The normalized spacial score (nSPS) is 23.7. The second-order valence-electron chi connectivity index (χ2n) is 6.79. The Morgan fingerprint density at radius 3 is 2.35 bits per heavy atom. The van der Waals surface area contributed by atoms with E-state index in [-0.39, 0.29) is 23.5 Å². The van der Waals surface area contributed by atoms with Gasteiger partial charge in [0.1, 0.15) is 5.82 Å². The molecule has 124 valence electrons. The van der Waals surface area contributed by atoms with Crippen LogP contribution in [0.15, 0.2) is 24.3 Å². The van der Waals surface area contributed by atoms with Crippen molar-refractivity contribution in [3.8, 4) is 0 Å². The van der Waals surface area contributed by atoms with Gasteiger partial charge < -0.3 is 10.6 Å². The Bertz CT molecular complexity index is 594. The number of rotatable bonds is 3. The average Bonchev–Trinajstić information content (AvgIpc) is 3.05. The fraction of sp³-hybridized carbons (Fsp3) is 0.556. The van der Waals surface area contributed by atoms with Crippen LogP contribution in [0.1, 0.15) is 44.1 Å². The first-order chi connectivity index (χ1) is 11.0. The Morgan fingerprint density at radius 1 is 1.13 bits per heavy atom. The molecule has 2 N–H and O–H groups in total. The second kappa shape index (κ2) is 6.30. The Balaban J connectivity index is 1.88. The maximum absolute atomic E-state index is 13.3. The number of likely N-dealkylation sites (tertiary alicyclic amines) is 1. The molecule has 1 saturated carbocycles. The predicted octanol–water partition coefficient (Wildman–Crippen LogP) is 2.36. The van der Waals surface area contributed by atoms with Crippen molar-refractivity contribution in [1.29, 1.82) is 0 Å². The maximum Gasteiger partial charge on any atom is 0.233 e. The summed E-state index contributed by atoms with van der Waals surface area (Å²) in [6, 6.07) is 6.32. The number of carbonyl (C=O) groups excluding carboxylic acids is 2. The Kier molecular flexibility index (Phi) is 4.37. The van der Waals surface area contributed by atoms with E-state index < -0.39 is 5.41 Å². The summed E-state index contributed by atoms with van der Waals surface area (Å²) < 4.78 is 13.3. The molecule has 0 aromatic heterocycles. The minimum absolute atomic E-state index is 0.0764. The fourth-order valence-electron chi connectivity index (χ4n) is 4.03. The Labute approximate surface area is 135 Å². The molecule has 1 atom stereocenters. The number of benzene rings is 1. The van der Waals surface area contributed by atoms with Crippen LogP contribution >= 0.6 is 0 Å². The van der Waals surface area contributed by atoms with Crippen LogP contribution in [0.25, 0.3) is 0 Å². The molecule has 5 heteroatoms. The molecule has 1 aromatic carbocycles. The highest BCUT2D eigenvalue weighted by Gasteiger charge is 2.45. The number of primary amides is 1. The van der Waals surface area contributed by atoms with Crippen LogP contribution in [0.2, 0.25) is 0 Å². The quantitative estimate of drug-likeness (QED) is 0.930. The third kappa shape index (κ3) is 2.96. The molecule has 0 bridgehead atoms. The highest BCUT2D eigenvalue weighted by Crippen LogP contribution is 2.42. The average molecular weight is 318 g/mol. The molecule has 1 aliphatic heterocycles. The number of hydrogen-bond donors (Lipinski definition) is 1. The standard InChI is InChI=1S/C18H23FN2O2/c19-15-6-4-14(5-7-15)18(9-2-1-3-10-18)17(23)21-11-8-13(12-21)16(20)22/h4-7,13H,1-3,8-12H2,(H2,20,22). The molecule has 1 heterocycles. The van der Waals surface area contributed by atoms with Gasteiger partial charge in [-0.2, -0.15) is 0 Å². The molecule has 0 radical (unpaired) electrons. The van der Waals surface area contributed by atoms with Crippen LogP contribution in [-0.2, 0) is 15.0 Å². The number of nitrogens with zero attached hydrogens (tertiary/aromatic N) is 1. The number of carbonyl (C=O) groups is 2. The molecule has 4 nitrogen and oxygen atoms in total. The maximum atomic E-state index is 13.3. The van der Waals surface area contributed by atoms with Gasteiger partial charge in [-0.15, -0.1) is 0 Å². The first-order valence-electron chi connectivity index (χ1n) is 8.38. The van der Waals surface area contributed by atoms with Gasteiger partial charge in [0.15, 0.2) is 0 Å². The Hall–Kier alpha value is -1.91. The molecule has 2 amide bonds. The lowest BCUT2D eigenvalue weighted by Gasteiger charge is -2.39. The highest BCUT2D eigenvalue weighted by atomic mass is 19.1. The molecular weight excluding hydrogens is 295 g/mol. The Morgan fingerprint density at radius 2 is 1.78 bits per heavy atom. The zero-order chi connectivity index (χ0) is 16.4. The molecular formula is C18H23FN2O2. The molecule has 2 aliphatic rings. The lowest BCUT2D eigenvalue weighted by molar-refractivity contribution is -0.138. The van der Waals surface area contributed by atoms with Crippen LogP contribution in [0, 0.1) is 11.7 Å². The molecule has 1 saturated heterocycles. The van der Waals surface area contributed by atoms with E-state index in [2.05, 4.69) is 0 Å². The van der Waals surface area contributed by atoms with E-state index in [0.717, 1.165) is 37.7 Å². The van der Waals surface area contributed by atoms with Crippen LogP contribution in [0.4, 0.5) is 4.39 Å². The second-order valence-corrected chi connectivity index (χ2v) is 6.79. The topological polar surface area (TPSA) is 63.4 Å². The van der Waals surface area contributed by atoms with Gasteiger partial charge >= 0.3 is 0 Å². The summed E-state index contributed by atoms with van der Waals surface area (Å²) in [5.74, 6) is -0.790. The monoisotopic (exact) mass is 318 g/mol. The zero-order valence-electron chi connectivity index (χ0n) is 13.3. The molecule has 2 fully saturated rings. The van der Waals surface area contributed by atoms with Gasteiger partial charge in [0.2, 0.25) is 11.8 Å². The predicted molar refractivity (Wildman–Crippen MR) is 85.0 cm³/mol. The van der Waals surface area contributed by atoms with E-state index in [9.17, 15) is 14.0 Å². The van der Waals surface area contributed by atoms with Crippen molar-refractivity contribution in [2.24, 2.45) is 11.7 Å². The first kappa shape index (κ1) is 16.0. The van der Waals surface area contributed by atoms with E-state index in [1.807, 2.05) is 0 Å². The van der Waals surface area contributed by atoms with Crippen LogP contribution < -0.4 is 5.73 Å². The number of amides is 2. The molecule has 1 aliphatic carbocycles. The van der Waals surface area contributed by atoms with Crippen molar-refractivity contribution in [3.63, 3.8) is 0 Å². The van der Waals surface area contributed by atoms with Gasteiger partial charge in [0, 0.05) is 13.1 Å². The van der Waals surface area contributed by atoms with Crippen molar-refractivity contribution < 1.29 is 14.0 Å². The zero-order valence-corrected chi connectivity index (χ0v) is 13.3. The number of nitrogens with two attached hydrogens (primary N) is 1. The summed E-state index contributed by atoms with van der Waals surface area (Å²) >= 11 is 0. The van der Waals surface area contributed by atoms with E-state index >= 15 is 0 Å². The third-order valence-electron chi connectivity index (χ3n) is 5.39. The van der Waals surface area contributed by atoms with Crippen molar-refractivity contribution in [1.82, 2.24) is 4.90 Å². The van der Waals surface area contributed by atoms with Gasteiger partial charge in [-0.3, -0.25) is 9.59 Å². The van der Waals surface area contributed by atoms with E-state index in [0.29, 0.717) is 19.5 Å². The summed E-state index contributed by atoms with van der Waals surface area (Å²) in [5.41, 5.74) is 5.70. The fourth-order valence-corrected chi connectivity index (χ4v) is 4.03. The van der Waals surface area contributed by atoms with Gasteiger partial charge in [0.25, 0.3) is 0 Å². The van der Waals surface area contributed by atoms with Gasteiger partial charge in [-0.05, 0) is 37.0 Å². The van der Waals surface area contributed by atoms with Crippen LogP contribution in [0.3, 0.4) is 0 Å². The summed E-state index contributed by atoms with van der Waals surface area (Å²) in [4.78, 5) is 26.4. The van der Waals surface area contributed by atoms with Gasteiger partial charge in [0.05, 0.1) is 11.3 Å². The first-order valence-corrected chi connectivity index (χ1v) is 8.38. The summed E-state index contributed by atoms with van der Waals surface area (Å²) in [5, 5.41) is 0. The highest BCUT2D eigenvalue weighted by molar-refractivity contribution is 5.89. The largest absolute Gasteiger partial charge is 0.369 e. The van der Waals surface area contributed by atoms with Crippen molar-refractivity contribution in [2.75, 3.05) is 13.1 Å². The molecule has 3 rings (SSSR count). The van der Waals surface area contributed by atoms with Crippen molar-refractivity contribution in [3.05, 3.63) is 35.6 Å². The third-order valence-corrected chi connectivity index (χ3v) is 5.39. The number of hydrogen-bond acceptors (Lipinski definition) is 2. The minimum atomic E-state index is -0.571. The lowest BCUT2D eigenvalue weighted by atomic mass is 9.68. The van der Waals surface area contributed by atoms with Crippen LogP contribution in [-0.4, -0.2) is 29.8 Å². The van der Waals surface area contributed by atoms with Crippen LogP contribution in [0.5, 0.6) is 0 Å². The summed E-state index contributed by atoms with van der Waals surface area (Å²) in [6.07, 6.45) is 5.33. The van der Waals surface area contributed by atoms with Gasteiger partial charge in [-0.25, -0.2) is 4.39 Å². The SMILES string of the molecule is NC(=O)C1CCN(C(=O)C2(c3ccc(F)cc3)CCCCC2)C1. The van der Waals surface area contributed by atoms with Gasteiger partial charge in [-0.1, -0.05) is 31.4 Å². The smallest absolute Gasteiger partial charge is 0.233 e. The summed E-state index contributed by atoms with van der Waals surface area (Å²) in [7, 11) is 0. The van der Waals surface area contributed by atoms with E-state index in [1.165, 1.54) is 12.1 Å². The molecule has 0 spiro atoms. The molecule has 23 heavy (non-hydrogen) atoms. The molecule has 1 unspecified atom stereocenters. The number of halogens is 1. The molecule has 1 aromatic rings. The van der Waals surface area contributed by atoms with Crippen molar-refractivity contribution >= 4 is 11.8 Å². The van der Waals surface area contributed by atoms with Crippen molar-refractivity contribution in [2.45, 2.75) is 43.9 Å². The summed E-state index contributed by atoms with van der Waals surface area (Å²) in [6.45, 7) is 0.993. The van der Waals surface area contributed by atoms with E-state index in [4.69, 9.17) is 5.73 Å². The lowest BCUT2D eigenvalue weighted by Crippen LogP contribution is -2.47.